The third-order valence-electron chi connectivity index (χ3n) is 6.47. The van der Waals surface area contributed by atoms with E-state index in [2.05, 4.69) is 6.92 Å². The number of fused-ring (bicyclic) bond motifs is 2. The number of hydrogen-bond donors (Lipinski definition) is 1. The van der Waals surface area contributed by atoms with Gasteiger partial charge in [0, 0.05) is 18.3 Å². The van der Waals surface area contributed by atoms with Crippen LogP contribution in [0.4, 0.5) is 0 Å². The summed E-state index contributed by atoms with van der Waals surface area (Å²) in [6, 6.07) is 0. The monoisotopic (exact) mass is 342 g/mol. The Labute approximate surface area is 141 Å². The lowest BCUT2D eigenvalue weighted by atomic mass is 9.58. The van der Waals surface area contributed by atoms with Crippen LogP contribution in [0.3, 0.4) is 0 Å². The van der Waals surface area contributed by atoms with Gasteiger partial charge >= 0.3 is 5.97 Å². The number of aliphatic carboxylic acids is 1. The van der Waals surface area contributed by atoms with Gasteiger partial charge in [0.05, 0.1) is 0 Å². The van der Waals surface area contributed by atoms with Gasteiger partial charge in [-0.15, -0.1) is 0 Å². The number of carboxylic acids is 1. The molecular weight excluding hydrogens is 316 g/mol. The van der Waals surface area contributed by atoms with Crippen LogP contribution in [0.5, 0.6) is 0 Å². The minimum absolute atomic E-state index is 0.00487. The second kappa shape index (κ2) is 5.64. The summed E-state index contributed by atoms with van der Waals surface area (Å²) in [6.07, 6.45) is 2.61. The van der Waals surface area contributed by atoms with Gasteiger partial charge < -0.3 is 19.3 Å². The molecule has 8 atom stereocenters. The molecule has 0 radical (unpaired) electrons. The van der Waals surface area contributed by atoms with E-state index < -0.39 is 29.9 Å². The second-order valence-corrected chi connectivity index (χ2v) is 7.98. The van der Waals surface area contributed by atoms with Crippen LogP contribution in [0.25, 0.3) is 0 Å². The molecular formula is C17H26O7. The summed E-state index contributed by atoms with van der Waals surface area (Å²) >= 11 is 0. The van der Waals surface area contributed by atoms with Crippen molar-refractivity contribution < 1.29 is 33.9 Å². The minimum Gasteiger partial charge on any atom is -0.480 e. The third kappa shape index (κ3) is 2.33. The molecule has 1 aliphatic carbocycles. The van der Waals surface area contributed by atoms with Crippen molar-refractivity contribution in [2.45, 2.75) is 70.4 Å². The zero-order chi connectivity index (χ0) is 17.1. The highest BCUT2D eigenvalue weighted by molar-refractivity contribution is 5.68. The van der Waals surface area contributed by atoms with Crippen molar-refractivity contribution in [3.8, 4) is 0 Å². The molecule has 4 heterocycles. The highest BCUT2D eigenvalue weighted by Gasteiger charge is 2.69. The topological polar surface area (TPSA) is 83.5 Å². The maximum absolute atomic E-state index is 10.9. The molecule has 5 rings (SSSR count). The van der Waals surface area contributed by atoms with E-state index >= 15 is 0 Å². The first kappa shape index (κ1) is 16.7. The Morgan fingerprint density at radius 2 is 2.00 bits per heavy atom. The van der Waals surface area contributed by atoms with Crippen LogP contribution in [0, 0.1) is 23.7 Å². The fourth-order valence-electron chi connectivity index (χ4n) is 5.22. The van der Waals surface area contributed by atoms with Gasteiger partial charge in [-0.2, -0.15) is 0 Å². The van der Waals surface area contributed by atoms with E-state index in [9.17, 15) is 4.79 Å². The molecule has 5 fully saturated rings. The molecule has 0 aromatic heterocycles. The van der Waals surface area contributed by atoms with E-state index in [-0.39, 0.29) is 18.4 Å². The van der Waals surface area contributed by atoms with Crippen molar-refractivity contribution in [2.75, 3.05) is 6.61 Å². The van der Waals surface area contributed by atoms with E-state index in [1.807, 2.05) is 13.8 Å². The summed E-state index contributed by atoms with van der Waals surface area (Å²) in [4.78, 5) is 22.6. The number of ether oxygens (including phenoxy) is 3. The Bertz CT molecular complexity index is 525. The largest absolute Gasteiger partial charge is 0.480 e. The average molecular weight is 342 g/mol. The fourth-order valence-corrected chi connectivity index (χ4v) is 5.22. The van der Waals surface area contributed by atoms with Gasteiger partial charge in [0.1, 0.15) is 6.61 Å². The van der Waals surface area contributed by atoms with E-state index in [0.29, 0.717) is 11.8 Å². The molecule has 0 amide bonds. The molecule has 5 aliphatic rings. The molecule has 4 saturated heterocycles. The molecule has 4 aliphatic heterocycles. The fraction of sp³-hybridized carbons (Fsp3) is 0.941. The molecule has 7 nitrogen and oxygen atoms in total. The second-order valence-electron chi connectivity index (χ2n) is 7.98. The standard InChI is InChI=1S/C17H26O7/c1-9-4-5-12-10(2)14(20-8-13(18)19)21-15-17(12)11(9)6-7-16(3,22-15)23-24-17/h9-12,14-15H,4-8H2,1-3H3,(H,18,19)/t9-,10-,11+,12+,14-,15-,16-,17-/m1/s1. The predicted octanol–water partition coefficient (Wildman–Crippen LogP) is 2.30. The molecule has 1 saturated carbocycles. The molecule has 2 bridgehead atoms. The zero-order valence-corrected chi connectivity index (χ0v) is 14.4. The van der Waals surface area contributed by atoms with Crippen molar-refractivity contribution >= 4 is 5.97 Å². The SMILES string of the molecule is C[C@H]1[C@H](OCC(=O)O)O[C@@H]2O[C@@]3(C)CC[C@H]4[C@H](C)CC[C@@H]1[C@@]24OO3. The van der Waals surface area contributed by atoms with Crippen molar-refractivity contribution in [1.29, 1.82) is 0 Å². The van der Waals surface area contributed by atoms with Crippen LogP contribution >= 0.6 is 0 Å². The van der Waals surface area contributed by atoms with E-state index in [0.717, 1.165) is 25.7 Å². The normalized spacial score (nSPS) is 53.3. The van der Waals surface area contributed by atoms with Crippen LogP contribution in [0.15, 0.2) is 0 Å². The molecule has 0 aromatic carbocycles. The first-order valence-electron chi connectivity index (χ1n) is 8.89. The molecule has 24 heavy (non-hydrogen) atoms. The van der Waals surface area contributed by atoms with Gasteiger partial charge in [0.15, 0.2) is 18.2 Å². The van der Waals surface area contributed by atoms with E-state index in [1.54, 1.807) is 0 Å². The van der Waals surface area contributed by atoms with Gasteiger partial charge in [-0.3, -0.25) is 0 Å². The lowest BCUT2D eigenvalue weighted by Crippen LogP contribution is -2.70. The molecule has 1 spiro atoms. The van der Waals surface area contributed by atoms with Crippen LogP contribution in [0.2, 0.25) is 0 Å². The third-order valence-corrected chi connectivity index (χ3v) is 6.47. The molecule has 0 unspecified atom stereocenters. The molecule has 0 aromatic rings. The van der Waals surface area contributed by atoms with Gasteiger partial charge in [0.25, 0.3) is 0 Å². The zero-order valence-electron chi connectivity index (χ0n) is 14.4. The highest BCUT2D eigenvalue weighted by atomic mass is 17.3. The van der Waals surface area contributed by atoms with Gasteiger partial charge in [-0.05, 0) is 38.0 Å². The Kier molecular flexibility index (Phi) is 3.93. The molecule has 7 heteroatoms. The van der Waals surface area contributed by atoms with E-state index in [4.69, 9.17) is 29.1 Å². The average Bonchev–Trinajstić information content (AvgIpc) is 2.76. The Morgan fingerprint density at radius 3 is 2.75 bits per heavy atom. The van der Waals surface area contributed by atoms with Crippen LogP contribution in [-0.4, -0.2) is 41.7 Å². The first-order chi connectivity index (χ1) is 11.4. The van der Waals surface area contributed by atoms with Crippen LogP contribution in [0.1, 0.15) is 46.5 Å². The number of carbonyl (C=O) groups is 1. The summed E-state index contributed by atoms with van der Waals surface area (Å²) in [5, 5.41) is 8.91. The number of hydrogen-bond acceptors (Lipinski definition) is 6. The maximum atomic E-state index is 10.9. The summed E-state index contributed by atoms with van der Waals surface area (Å²) in [7, 11) is 0. The smallest absolute Gasteiger partial charge is 0.329 e. The Balaban J connectivity index is 1.68. The van der Waals surface area contributed by atoms with Crippen molar-refractivity contribution in [3.63, 3.8) is 0 Å². The summed E-state index contributed by atoms with van der Waals surface area (Å²) in [6.45, 7) is 5.78. The summed E-state index contributed by atoms with van der Waals surface area (Å²) in [5.41, 5.74) is -0.629. The summed E-state index contributed by atoms with van der Waals surface area (Å²) in [5.74, 6) is -0.868. The Hall–Kier alpha value is -0.730. The van der Waals surface area contributed by atoms with Gasteiger partial charge in [-0.25, -0.2) is 14.6 Å². The quantitative estimate of drug-likeness (QED) is 0.788. The van der Waals surface area contributed by atoms with Crippen LogP contribution < -0.4 is 0 Å². The lowest BCUT2D eigenvalue weighted by Gasteiger charge is -2.60. The number of carboxylic acid groups (broad SMARTS) is 1. The van der Waals surface area contributed by atoms with Crippen molar-refractivity contribution in [3.05, 3.63) is 0 Å². The van der Waals surface area contributed by atoms with Crippen molar-refractivity contribution in [1.82, 2.24) is 0 Å². The van der Waals surface area contributed by atoms with Gasteiger partial charge in [0.2, 0.25) is 5.79 Å². The molecule has 1 N–H and O–H groups in total. The number of rotatable bonds is 3. The van der Waals surface area contributed by atoms with Gasteiger partial charge in [-0.1, -0.05) is 13.8 Å². The first-order valence-corrected chi connectivity index (χ1v) is 8.89. The van der Waals surface area contributed by atoms with Crippen LogP contribution in [-0.2, 0) is 28.8 Å². The Morgan fingerprint density at radius 1 is 1.21 bits per heavy atom. The highest BCUT2D eigenvalue weighted by Crippen LogP contribution is 2.60. The molecule has 136 valence electrons. The maximum Gasteiger partial charge on any atom is 0.329 e. The predicted molar refractivity (Wildman–Crippen MR) is 80.4 cm³/mol. The lowest BCUT2D eigenvalue weighted by molar-refractivity contribution is -0.577. The summed E-state index contributed by atoms with van der Waals surface area (Å²) < 4.78 is 17.8. The van der Waals surface area contributed by atoms with Crippen molar-refractivity contribution in [2.24, 2.45) is 23.7 Å². The van der Waals surface area contributed by atoms with E-state index in [1.165, 1.54) is 0 Å². The minimum atomic E-state index is -1.00.